The number of likely N-dealkylation sites (N-methyl/N-ethyl adjacent to an activating group) is 1. The molecule has 0 saturated carbocycles. The Morgan fingerprint density at radius 2 is 2.19 bits per heavy atom. The number of aryl methyl sites for hydroxylation is 2. The van der Waals surface area contributed by atoms with Crippen LogP contribution in [0.25, 0.3) is 0 Å². The van der Waals surface area contributed by atoms with E-state index >= 15 is 0 Å². The molecule has 0 spiro atoms. The van der Waals surface area contributed by atoms with Gasteiger partial charge in [-0.1, -0.05) is 31.2 Å². The van der Waals surface area contributed by atoms with Gasteiger partial charge in [-0.25, -0.2) is 0 Å². The van der Waals surface area contributed by atoms with E-state index < -0.39 is 0 Å². The molecule has 1 atom stereocenters. The molecule has 5 nitrogen and oxygen atoms in total. The van der Waals surface area contributed by atoms with Crippen molar-refractivity contribution in [3.63, 3.8) is 0 Å². The summed E-state index contributed by atoms with van der Waals surface area (Å²) in [6, 6.07) is 8.83. The Morgan fingerprint density at radius 1 is 1.33 bits per heavy atom. The average molecular weight is 285 g/mol. The van der Waals surface area contributed by atoms with Crippen molar-refractivity contribution in [3.8, 4) is 0 Å². The smallest absolute Gasteiger partial charge is 0.175 e. The maximum Gasteiger partial charge on any atom is 0.175 e. The number of rotatable bonds is 5. The van der Waals surface area contributed by atoms with Crippen LogP contribution in [0.2, 0.25) is 0 Å². The number of fused-ring (bicyclic) bond motifs is 1. The van der Waals surface area contributed by atoms with E-state index in [1.807, 2.05) is 7.05 Å². The Kier molecular flexibility index (Phi) is 4.01. The number of nitrogens with zero attached hydrogens (tertiary/aromatic N) is 4. The molecular formula is C16H23N5. The van der Waals surface area contributed by atoms with Crippen LogP contribution in [0.4, 0.5) is 0 Å². The minimum Gasteiger partial charge on any atom is -0.316 e. The summed E-state index contributed by atoms with van der Waals surface area (Å²) in [5.41, 5.74) is 3.03. The maximum absolute atomic E-state index is 4.40. The molecule has 0 fully saturated rings. The summed E-state index contributed by atoms with van der Waals surface area (Å²) in [4.78, 5) is 1.55. The minimum atomic E-state index is 0.0912. The Labute approximate surface area is 125 Å². The lowest BCUT2D eigenvalue weighted by molar-refractivity contribution is 0.332. The molecule has 1 aliphatic rings. The van der Waals surface area contributed by atoms with Crippen molar-refractivity contribution < 1.29 is 0 Å². The number of nitrogens with one attached hydrogen (secondary N) is 1. The molecule has 0 bridgehead atoms. The predicted molar refractivity (Wildman–Crippen MR) is 82.1 cm³/mol. The largest absolute Gasteiger partial charge is 0.316 e. The normalized spacial score (nSPS) is 21.2. The Balaban J connectivity index is 1.97. The summed E-state index contributed by atoms with van der Waals surface area (Å²) < 4.78 is 0. The van der Waals surface area contributed by atoms with E-state index in [1.165, 1.54) is 30.4 Å². The van der Waals surface area contributed by atoms with Crippen LogP contribution in [-0.4, -0.2) is 33.3 Å². The van der Waals surface area contributed by atoms with Crippen LogP contribution in [0.15, 0.2) is 24.3 Å². The Bertz CT molecular complexity index is 606. The molecule has 0 saturated heterocycles. The van der Waals surface area contributed by atoms with Crippen LogP contribution >= 0.6 is 0 Å². The second kappa shape index (κ2) is 5.93. The number of aromatic nitrogens is 4. The Morgan fingerprint density at radius 3 is 2.95 bits per heavy atom. The standard InChI is InChI=1S/C16H23N5/c1-3-17-12-16(11-15-18-20-21(2)19-15)10-6-8-13-7-4-5-9-14(13)16/h4-5,7,9,17H,3,6,8,10-12H2,1-2H3. The molecule has 112 valence electrons. The zero-order chi connectivity index (χ0) is 14.7. The van der Waals surface area contributed by atoms with Gasteiger partial charge in [0.25, 0.3) is 0 Å². The molecule has 21 heavy (non-hydrogen) atoms. The van der Waals surface area contributed by atoms with Crippen LogP contribution in [0.1, 0.15) is 36.7 Å². The minimum absolute atomic E-state index is 0.0912. The first-order valence-electron chi connectivity index (χ1n) is 7.75. The summed E-state index contributed by atoms with van der Waals surface area (Å²) in [5, 5.41) is 16.1. The molecule has 2 aromatic rings. The van der Waals surface area contributed by atoms with Crippen LogP contribution in [0.5, 0.6) is 0 Å². The summed E-state index contributed by atoms with van der Waals surface area (Å²) in [6.45, 7) is 4.11. The monoisotopic (exact) mass is 285 g/mol. The number of hydrogen-bond acceptors (Lipinski definition) is 4. The first-order chi connectivity index (χ1) is 10.2. The third kappa shape index (κ3) is 2.83. The fraction of sp³-hybridized carbons (Fsp3) is 0.562. The van der Waals surface area contributed by atoms with Gasteiger partial charge in [-0.3, -0.25) is 0 Å². The summed E-state index contributed by atoms with van der Waals surface area (Å²) >= 11 is 0. The summed E-state index contributed by atoms with van der Waals surface area (Å²) in [5.74, 6) is 0.840. The SMILES string of the molecule is CCNCC1(Cc2nnn(C)n2)CCCc2ccccc21. The zero-order valence-corrected chi connectivity index (χ0v) is 12.8. The molecule has 0 radical (unpaired) electrons. The summed E-state index contributed by atoms with van der Waals surface area (Å²) in [6.07, 6.45) is 4.43. The van der Waals surface area contributed by atoms with Crippen molar-refractivity contribution in [2.75, 3.05) is 13.1 Å². The van der Waals surface area contributed by atoms with Crippen molar-refractivity contribution in [1.82, 2.24) is 25.5 Å². The van der Waals surface area contributed by atoms with Gasteiger partial charge in [-0.05, 0) is 42.1 Å². The van der Waals surface area contributed by atoms with E-state index in [0.29, 0.717) is 0 Å². The zero-order valence-electron chi connectivity index (χ0n) is 12.8. The fourth-order valence-corrected chi connectivity index (χ4v) is 3.50. The van der Waals surface area contributed by atoms with Crippen LogP contribution in [0, 0.1) is 0 Å². The van der Waals surface area contributed by atoms with Crippen LogP contribution in [0.3, 0.4) is 0 Å². The van der Waals surface area contributed by atoms with Gasteiger partial charge in [-0.2, -0.15) is 4.80 Å². The third-order valence-corrected chi connectivity index (χ3v) is 4.45. The molecular weight excluding hydrogens is 262 g/mol. The molecule has 0 amide bonds. The predicted octanol–water partition coefficient (Wildman–Crippen LogP) is 1.64. The van der Waals surface area contributed by atoms with Crippen molar-refractivity contribution in [2.24, 2.45) is 7.05 Å². The van der Waals surface area contributed by atoms with Gasteiger partial charge in [0.2, 0.25) is 0 Å². The molecule has 1 aromatic carbocycles. The average Bonchev–Trinajstić information content (AvgIpc) is 2.91. The first kappa shape index (κ1) is 14.2. The highest BCUT2D eigenvalue weighted by Crippen LogP contribution is 2.39. The topological polar surface area (TPSA) is 55.6 Å². The number of hydrogen-bond donors (Lipinski definition) is 1. The van der Waals surface area contributed by atoms with E-state index in [1.54, 1.807) is 4.80 Å². The van der Waals surface area contributed by atoms with E-state index in [4.69, 9.17) is 0 Å². The Hall–Kier alpha value is -1.75. The van der Waals surface area contributed by atoms with E-state index in [2.05, 4.69) is 51.9 Å². The maximum atomic E-state index is 4.40. The quantitative estimate of drug-likeness (QED) is 0.907. The fourth-order valence-electron chi connectivity index (χ4n) is 3.50. The lowest BCUT2D eigenvalue weighted by Crippen LogP contribution is -2.43. The van der Waals surface area contributed by atoms with Gasteiger partial charge >= 0.3 is 0 Å². The van der Waals surface area contributed by atoms with Crippen LogP contribution in [-0.2, 0) is 25.3 Å². The first-order valence-corrected chi connectivity index (χ1v) is 7.75. The van der Waals surface area contributed by atoms with Gasteiger partial charge in [0, 0.05) is 18.4 Å². The van der Waals surface area contributed by atoms with Crippen LogP contribution < -0.4 is 5.32 Å². The van der Waals surface area contributed by atoms with Crippen molar-refractivity contribution >= 4 is 0 Å². The van der Waals surface area contributed by atoms with E-state index in [9.17, 15) is 0 Å². The number of tetrazole rings is 1. The third-order valence-electron chi connectivity index (χ3n) is 4.45. The highest BCUT2D eigenvalue weighted by Gasteiger charge is 2.37. The molecule has 5 heteroatoms. The van der Waals surface area contributed by atoms with Gasteiger partial charge in [-0.15, -0.1) is 10.2 Å². The lowest BCUT2D eigenvalue weighted by Gasteiger charge is -2.39. The second-order valence-corrected chi connectivity index (χ2v) is 5.94. The van der Waals surface area contributed by atoms with Gasteiger partial charge in [0.05, 0.1) is 7.05 Å². The van der Waals surface area contributed by atoms with E-state index in [0.717, 1.165) is 25.3 Å². The molecule has 1 unspecified atom stereocenters. The van der Waals surface area contributed by atoms with Gasteiger partial charge in [0.15, 0.2) is 5.82 Å². The molecule has 1 N–H and O–H groups in total. The van der Waals surface area contributed by atoms with Crippen molar-refractivity contribution in [3.05, 3.63) is 41.2 Å². The van der Waals surface area contributed by atoms with Gasteiger partial charge < -0.3 is 5.32 Å². The molecule has 0 aliphatic heterocycles. The highest BCUT2D eigenvalue weighted by atomic mass is 15.6. The molecule has 1 aliphatic carbocycles. The number of benzene rings is 1. The molecule has 1 heterocycles. The highest BCUT2D eigenvalue weighted by molar-refractivity contribution is 5.38. The lowest BCUT2D eigenvalue weighted by atomic mass is 9.67. The summed E-state index contributed by atoms with van der Waals surface area (Å²) in [7, 11) is 1.82. The van der Waals surface area contributed by atoms with Crippen molar-refractivity contribution in [1.29, 1.82) is 0 Å². The second-order valence-electron chi connectivity index (χ2n) is 5.94. The molecule has 3 rings (SSSR count). The van der Waals surface area contributed by atoms with E-state index in [-0.39, 0.29) is 5.41 Å². The van der Waals surface area contributed by atoms with Gasteiger partial charge in [0.1, 0.15) is 0 Å². The van der Waals surface area contributed by atoms with Crippen molar-refractivity contribution in [2.45, 2.75) is 38.0 Å². The molecule has 1 aromatic heterocycles.